The molecule has 2 aliphatic heterocycles. The topological polar surface area (TPSA) is 89.4 Å². The van der Waals surface area contributed by atoms with Crippen LogP contribution in [0.3, 0.4) is 0 Å². The van der Waals surface area contributed by atoms with E-state index in [9.17, 15) is 9.50 Å². The van der Waals surface area contributed by atoms with Gasteiger partial charge in [0.25, 0.3) is 0 Å². The number of aliphatic hydroxyl groups excluding tert-OH is 1. The van der Waals surface area contributed by atoms with Gasteiger partial charge < -0.3 is 25.5 Å². The number of alkyl halides is 1. The van der Waals surface area contributed by atoms with Crippen molar-refractivity contribution in [3.05, 3.63) is 42.2 Å². The summed E-state index contributed by atoms with van der Waals surface area (Å²) in [6, 6.07) is 8.33. The van der Waals surface area contributed by atoms with Gasteiger partial charge in [-0.2, -0.15) is 4.98 Å². The van der Waals surface area contributed by atoms with Crippen LogP contribution in [0.25, 0.3) is 10.8 Å². The van der Waals surface area contributed by atoms with Crippen molar-refractivity contribution >= 4 is 34.0 Å². The Morgan fingerprint density at radius 2 is 1.88 bits per heavy atom. The summed E-state index contributed by atoms with van der Waals surface area (Å²) in [5.41, 5.74) is 2.50. The number of anilines is 4. The SMILES string of the molecule is CC(C)c1ccc(N2CCNCC2)c2cnc(Nc3ccnc(N4CCC(O)C(F)C4)n3)cc12. The number of hydrogen-bond donors (Lipinski definition) is 3. The number of aromatic nitrogens is 3. The summed E-state index contributed by atoms with van der Waals surface area (Å²) in [5.74, 6) is 2.13. The third-order valence-corrected chi connectivity index (χ3v) is 6.68. The summed E-state index contributed by atoms with van der Waals surface area (Å²) in [6.07, 6.45) is 1.76. The van der Waals surface area contributed by atoms with Gasteiger partial charge in [-0.1, -0.05) is 19.9 Å². The Bertz CT molecular complexity index is 1150. The predicted molar refractivity (Wildman–Crippen MR) is 134 cm³/mol. The Morgan fingerprint density at radius 1 is 1.06 bits per heavy atom. The summed E-state index contributed by atoms with van der Waals surface area (Å²) in [6.45, 7) is 8.94. The lowest BCUT2D eigenvalue weighted by Crippen LogP contribution is -2.45. The van der Waals surface area contributed by atoms with E-state index >= 15 is 0 Å². The molecule has 2 unspecified atom stereocenters. The maximum absolute atomic E-state index is 14.0. The van der Waals surface area contributed by atoms with Crippen molar-refractivity contribution in [1.82, 2.24) is 20.3 Å². The third-order valence-electron chi connectivity index (χ3n) is 6.68. The van der Waals surface area contributed by atoms with E-state index in [0.717, 1.165) is 31.6 Å². The Balaban J connectivity index is 1.44. The molecule has 2 atom stereocenters. The molecular weight excluding hydrogens is 433 g/mol. The number of piperazine rings is 1. The molecule has 9 heteroatoms. The quantitative estimate of drug-likeness (QED) is 0.529. The van der Waals surface area contributed by atoms with Crippen LogP contribution in [0.2, 0.25) is 0 Å². The van der Waals surface area contributed by atoms with Crippen LogP contribution in [0.4, 0.5) is 27.7 Å². The predicted octanol–water partition coefficient (Wildman–Crippen LogP) is 3.21. The largest absolute Gasteiger partial charge is 0.390 e. The highest BCUT2D eigenvalue weighted by Crippen LogP contribution is 2.34. The average Bonchev–Trinajstić information content (AvgIpc) is 2.85. The number of pyridine rings is 1. The van der Waals surface area contributed by atoms with E-state index in [0.29, 0.717) is 36.5 Å². The Morgan fingerprint density at radius 3 is 2.65 bits per heavy atom. The fourth-order valence-corrected chi connectivity index (χ4v) is 4.78. The minimum absolute atomic E-state index is 0.0887. The molecule has 8 nitrogen and oxygen atoms in total. The van der Waals surface area contributed by atoms with E-state index in [1.54, 1.807) is 17.2 Å². The summed E-state index contributed by atoms with van der Waals surface area (Å²) in [7, 11) is 0. The second-order valence-corrected chi connectivity index (χ2v) is 9.37. The molecule has 2 aliphatic rings. The third kappa shape index (κ3) is 4.63. The van der Waals surface area contributed by atoms with E-state index in [1.807, 2.05) is 6.20 Å². The van der Waals surface area contributed by atoms with Crippen molar-refractivity contribution in [2.24, 2.45) is 0 Å². The van der Waals surface area contributed by atoms with Crippen molar-refractivity contribution in [3.8, 4) is 0 Å². The summed E-state index contributed by atoms with van der Waals surface area (Å²) >= 11 is 0. The number of benzene rings is 1. The molecule has 3 N–H and O–H groups in total. The average molecular weight is 466 g/mol. The van der Waals surface area contributed by atoms with E-state index < -0.39 is 12.3 Å². The lowest BCUT2D eigenvalue weighted by molar-refractivity contribution is 0.0612. The molecule has 180 valence electrons. The molecule has 0 aliphatic carbocycles. The van der Waals surface area contributed by atoms with Crippen LogP contribution in [0.5, 0.6) is 0 Å². The normalized spacial score (nSPS) is 21.3. The van der Waals surface area contributed by atoms with Gasteiger partial charge in [0.2, 0.25) is 5.95 Å². The Kier molecular flexibility index (Phi) is 6.47. The summed E-state index contributed by atoms with van der Waals surface area (Å²) in [5, 5.41) is 18.7. The molecule has 1 aromatic carbocycles. The van der Waals surface area contributed by atoms with Crippen LogP contribution in [0.15, 0.2) is 36.7 Å². The van der Waals surface area contributed by atoms with E-state index in [4.69, 9.17) is 4.98 Å². The maximum atomic E-state index is 14.0. The monoisotopic (exact) mass is 465 g/mol. The van der Waals surface area contributed by atoms with E-state index in [1.165, 1.54) is 16.6 Å². The van der Waals surface area contributed by atoms with Gasteiger partial charge in [0.05, 0.1) is 12.6 Å². The van der Waals surface area contributed by atoms with Crippen LogP contribution in [-0.2, 0) is 0 Å². The van der Waals surface area contributed by atoms with E-state index in [-0.39, 0.29) is 6.54 Å². The zero-order valence-corrected chi connectivity index (χ0v) is 19.7. The second-order valence-electron chi connectivity index (χ2n) is 9.37. The molecular formula is C25H32FN7O. The number of fused-ring (bicyclic) bond motifs is 1. The summed E-state index contributed by atoms with van der Waals surface area (Å²) < 4.78 is 14.0. The number of nitrogens with one attached hydrogen (secondary N) is 2. The van der Waals surface area contributed by atoms with E-state index in [2.05, 4.69) is 57.5 Å². The lowest BCUT2D eigenvalue weighted by Gasteiger charge is -2.32. The first-order valence-electron chi connectivity index (χ1n) is 12.0. The van der Waals surface area contributed by atoms with Gasteiger partial charge >= 0.3 is 0 Å². The first kappa shape index (κ1) is 22.7. The highest BCUT2D eigenvalue weighted by molar-refractivity contribution is 5.97. The van der Waals surface area contributed by atoms with Gasteiger partial charge in [-0.15, -0.1) is 0 Å². The molecule has 0 saturated carbocycles. The molecule has 0 bridgehead atoms. The van der Waals surface area contributed by atoms with Crippen molar-refractivity contribution in [3.63, 3.8) is 0 Å². The van der Waals surface area contributed by atoms with Gasteiger partial charge in [-0.05, 0) is 41.5 Å². The first-order valence-corrected chi connectivity index (χ1v) is 12.0. The minimum Gasteiger partial charge on any atom is -0.390 e. The van der Waals surface area contributed by atoms with Crippen molar-refractivity contribution in [2.75, 3.05) is 54.4 Å². The standard InChI is InChI=1S/C25H32FN7O/c1-16(2)17-3-4-21(32-11-8-27-9-12-32)19-14-29-24(13-18(17)19)30-23-5-7-28-25(31-23)33-10-6-22(34)20(26)15-33/h3-5,7,13-14,16,20,22,27,34H,6,8-12,15H2,1-2H3,(H,28,29,30,31). The number of hydrogen-bond acceptors (Lipinski definition) is 8. The Hall–Kier alpha value is -3.04. The number of nitrogens with zero attached hydrogens (tertiary/aromatic N) is 5. The van der Waals surface area contributed by atoms with Gasteiger partial charge in [0.1, 0.15) is 17.8 Å². The molecule has 2 aromatic heterocycles. The van der Waals surface area contributed by atoms with Gasteiger partial charge in [-0.25, -0.2) is 14.4 Å². The van der Waals surface area contributed by atoms with Crippen molar-refractivity contribution in [1.29, 1.82) is 0 Å². The minimum atomic E-state index is -1.30. The molecule has 0 radical (unpaired) electrons. The number of piperidine rings is 1. The fourth-order valence-electron chi connectivity index (χ4n) is 4.78. The number of aliphatic hydroxyl groups is 1. The number of rotatable bonds is 5. The zero-order valence-electron chi connectivity index (χ0n) is 19.7. The smallest absolute Gasteiger partial charge is 0.227 e. The van der Waals surface area contributed by atoms with Crippen LogP contribution in [0.1, 0.15) is 31.7 Å². The number of halogens is 1. The van der Waals surface area contributed by atoms with Crippen molar-refractivity contribution < 1.29 is 9.50 Å². The molecule has 0 spiro atoms. The van der Waals surface area contributed by atoms with Gasteiger partial charge in [0.15, 0.2) is 0 Å². The van der Waals surface area contributed by atoms with Crippen LogP contribution in [-0.4, -0.2) is 71.6 Å². The summed E-state index contributed by atoms with van der Waals surface area (Å²) in [4.78, 5) is 17.8. The highest BCUT2D eigenvalue weighted by atomic mass is 19.1. The molecule has 3 aromatic rings. The van der Waals surface area contributed by atoms with Crippen LogP contribution in [0, 0.1) is 0 Å². The molecule has 4 heterocycles. The van der Waals surface area contributed by atoms with Gasteiger partial charge in [-0.3, -0.25) is 0 Å². The lowest BCUT2D eigenvalue weighted by atomic mass is 9.95. The van der Waals surface area contributed by atoms with Crippen LogP contribution < -0.4 is 20.4 Å². The maximum Gasteiger partial charge on any atom is 0.227 e. The first-order chi connectivity index (χ1) is 16.5. The van der Waals surface area contributed by atoms with Crippen LogP contribution >= 0.6 is 0 Å². The fraction of sp³-hybridized carbons (Fsp3) is 0.480. The molecule has 0 amide bonds. The zero-order chi connectivity index (χ0) is 23.7. The molecule has 2 saturated heterocycles. The molecule has 5 rings (SSSR count). The highest BCUT2D eigenvalue weighted by Gasteiger charge is 2.28. The van der Waals surface area contributed by atoms with Crippen molar-refractivity contribution in [2.45, 2.75) is 38.5 Å². The molecule has 34 heavy (non-hydrogen) atoms. The second kappa shape index (κ2) is 9.68. The van der Waals surface area contributed by atoms with Gasteiger partial charge in [0, 0.05) is 56.2 Å². The molecule has 2 fully saturated rings. The Labute approximate surface area is 199 Å².